The minimum atomic E-state index is 0. The van der Waals surface area contributed by atoms with E-state index in [1.807, 2.05) is 7.05 Å². The van der Waals surface area contributed by atoms with Crippen LogP contribution >= 0.6 is 35.7 Å². The molecule has 0 saturated carbocycles. The van der Waals surface area contributed by atoms with Crippen molar-refractivity contribution in [2.45, 2.75) is 50.2 Å². The summed E-state index contributed by atoms with van der Waals surface area (Å²) in [6.45, 7) is 4.10. The minimum absolute atomic E-state index is 0. The van der Waals surface area contributed by atoms with Gasteiger partial charge in [-0.1, -0.05) is 24.3 Å². The maximum atomic E-state index is 5.98. The second-order valence-corrected chi connectivity index (χ2v) is 8.29. The molecule has 152 valence electrons. The molecule has 1 unspecified atom stereocenters. The molecule has 3 rings (SSSR count). The van der Waals surface area contributed by atoms with E-state index in [1.165, 1.54) is 29.7 Å². The van der Waals surface area contributed by atoms with Crippen LogP contribution in [-0.4, -0.2) is 49.9 Å². The van der Waals surface area contributed by atoms with E-state index in [1.54, 1.807) is 0 Å². The number of halogens is 1. The molecule has 0 amide bonds. The standard InChI is InChI=1S/C20H31N3O2S.HI/c1-21-20(23-14-19-3-2-12-26-19)22-13-16-4-6-17(7-5-16)15-25-18-8-10-24-11-9-18;/h4-7,18-19H,2-3,8-15H2,1H3,(H2,21,22,23);1H. The number of nitrogens with one attached hydrogen (secondary N) is 2. The molecule has 2 aliphatic rings. The molecule has 0 aromatic heterocycles. The van der Waals surface area contributed by atoms with E-state index in [4.69, 9.17) is 9.47 Å². The van der Waals surface area contributed by atoms with Crippen LogP contribution in [0.5, 0.6) is 0 Å². The quantitative estimate of drug-likeness (QED) is 0.337. The third-order valence-corrected chi connectivity index (χ3v) is 6.28. The Labute approximate surface area is 184 Å². The molecule has 2 aliphatic heterocycles. The van der Waals surface area contributed by atoms with Crippen molar-refractivity contribution in [3.05, 3.63) is 35.4 Å². The predicted molar refractivity (Wildman–Crippen MR) is 124 cm³/mol. The molecule has 2 heterocycles. The fraction of sp³-hybridized carbons (Fsp3) is 0.650. The number of aliphatic imine (C=N–C) groups is 1. The van der Waals surface area contributed by atoms with Crippen LogP contribution in [0.3, 0.4) is 0 Å². The van der Waals surface area contributed by atoms with E-state index in [-0.39, 0.29) is 24.0 Å². The van der Waals surface area contributed by atoms with Crippen LogP contribution in [-0.2, 0) is 22.6 Å². The molecular weight excluding hydrogens is 473 g/mol. The summed E-state index contributed by atoms with van der Waals surface area (Å²) in [6, 6.07) is 8.63. The molecule has 1 aromatic rings. The topological polar surface area (TPSA) is 54.9 Å². The Morgan fingerprint density at radius 2 is 1.89 bits per heavy atom. The number of guanidine groups is 1. The van der Waals surface area contributed by atoms with Gasteiger partial charge in [0.1, 0.15) is 0 Å². The van der Waals surface area contributed by atoms with Gasteiger partial charge in [0, 0.05) is 38.6 Å². The Kier molecular flexibility index (Phi) is 10.8. The fourth-order valence-corrected chi connectivity index (χ4v) is 4.43. The van der Waals surface area contributed by atoms with Crippen LogP contribution in [0.2, 0.25) is 0 Å². The maximum Gasteiger partial charge on any atom is 0.191 e. The van der Waals surface area contributed by atoms with E-state index in [0.29, 0.717) is 12.7 Å². The van der Waals surface area contributed by atoms with Crippen LogP contribution in [0.1, 0.15) is 36.8 Å². The Balaban J connectivity index is 0.00000261. The van der Waals surface area contributed by atoms with Crippen molar-refractivity contribution in [1.29, 1.82) is 0 Å². The molecule has 1 aromatic carbocycles. The molecule has 2 saturated heterocycles. The van der Waals surface area contributed by atoms with Crippen molar-refractivity contribution in [2.24, 2.45) is 4.99 Å². The molecule has 0 spiro atoms. The molecule has 0 bridgehead atoms. The summed E-state index contributed by atoms with van der Waals surface area (Å²) in [4.78, 5) is 4.32. The molecule has 1 atom stereocenters. The highest BCUT2D eigenvalue weighted by molar-refractivity contribution is 14.0. The number of ether oxygens (including phenoxy) is 2. The van der Waals surface area contributed by atoms with Crippen LogP contribution < -0.4 is 10.6 Å². The lowest BCUT2D eigenvalue weighted by atomic mass is 10.1. The summed E-state index contributed by atoms with van der Waals surface area (Å²) < 4.78 is 11.3. The SMILES string of the molecule is CN=C(NCc1ccc(COC2CCOCC2)cc1)NCC1CCCS1.I. The molecule has 7 heteroatoms. The third-order valence-electron chi connectivity index (χ3n) is 4.88. The number of benzene rings is 1. The summed E-state index contributed by atoms with van der Waals surface area (Å²) in [5.74, 6) is 2.17. The van der Waals surface area contributed by atoms with Crippen molar-refractivity contribution < 1.29 is 9.47 Å². The van der Waals surface area contributed by atoms with Crippen molar-refractivity contribution in [1.82, 2.24) is 10.6 Å². The zero-order valence-corrected chi connectivity index (χ0v) is 19.3. The minimum Gasteiger partial charge on any atom is -0.381 e. The summed E-state index contributed by atoms with van der Waals surface area (Å²) in [6.07, 6.45) is 5.01. The first-order valence-electron chi connectivity index (χ1n) is 9.67. The van der Waals surface area contributed by atoms with E-state index in [0.717, 1.165) is 50.4 Å². The zero-order valence-electron chi connectivity index (χ0n) is 16.1. The Hall–Kier alpha value is -0.510. The van der Waals surface area contributed by atoms with Crippen molar-refractivity contribution in [2.75, 3.05) is 32.6 Å². The largest absolute Gasteiger partial charge is 0.381 e. The molecule has 0 radical (unpaired) electrons. The first-order chi connectivity index (χ1) is 12.8. The van der Waals surface area contributed by atoms with Gasteiger partial charge in [-0.15, -0.1) is 24.0 Å². The first-order valence-corrected chi connectivity index (χ1v) is 10.7. The van der Waals surface area contributed by atoms with Gasteiger partial charge in [-0.25, -0.2) is 0 Å². The first kappa shape index (κ1) is 22.8. The second-order valence-electron chi connectivity index (χ2n) is 6.88. The molecule has 2 fully saturated rings. The average molecular weight is 505 g/mol. The molecule has 2 N–H and O–H groups in total. The van der Waals surface area contributed by atoms with Crippen LogP contribution in [0, 0.1) is 0 Å². The average Bonchev–Trinajstić information content (AvgIpc) is 3.22. The lowest BCUT2D eigenvalue weighted by Gasteiger charge is -2.22. The van der Waals surface area contributed by atoms with Gasteiger partial charge in [0.2, 0.25) is 0 Å². The van der Waals surface area contributed by atoms with E-state index in [2.05, 4.69) is 51.7 Å². The highest BCUT2D eigenvalue weighted by Gasteiger charge is 2.16. The summed E-state index contributed by atoms with van der Waals surface area (Å²) in [5.41, 5.74) is 2.47. The molecule has 5 nitrogen and oxygen atoms in total. The Bertz CT molecular complexity index is 559. The number of hydrogen-bond acceptors (Lipinski definition) is 4. The maximum absolute atomic E-state index is 5.98. The zero-order chi connectivity index (χ0) is 18.0. The Morgan fingerprint density at radius 1 is 1.15 bits per heavy atom. The number of hydrogen-bond donors (Lipinski definition) is 2. The molecule has 0 aliphatic carbocycles. The van der Waals surface area contributed by atoms with Gasteiger partial charge >= 0.3 is 0 Å². The third kappa shape index (κ3) is 8.17. The Morgan fingerprint density at radius 3 is 2.56 bits per heavy atom. The van der Waals surface area contributed by atoms with Crippen molar-refractivity contribution in [3.8, 4) is 0 Å². The highest BCUT2D eigenvalue weighted by Crippen LogP contribution is 2.25. The molecule has 27 heavy (non-hydrogen) atoms. The number of thioether (sulfide) groups is 1. The number of nitrogens with zero attached hydrogens (tertiary/aromatic N) is 1. The molecular formula is C20H32IN3O2S. The smallest absolute Gasteiger partial charge is 0.191 e. The van der Waals surface area contributed by atoms with Gasteiger partial charge in [0.15, 0.2) is 5.96 Å². The van der Waals surface area contributed by atoms with Crippen LogP contribution in [0.15, 0.2) is 29.3 Å². The van der Waals surface area contributed by atoms with E-state index >= 15 is 0 Å². The van der Waals surface area contributed by atoms with Gasteiger partial charge in [-0.05, 0) is 42.6 Å². The lowest BCUT2D eigenvalue weighted by Crippen LogP contribution is -2.39. The summed E-state index contributed by atoms with van der Waals surface area (Å²) in [7, 11) is 1.83. The highest BCUT2D eigenvalue weighted by atomic mass is 127. The van der Waals surface area contributed by atoms with Crippen LogP contribution in [0.4, 0.5) is 0 Å². The van der Waals surface area contributed by atoms with Crippen molar-refractivity contribution >= 4 is 41.7 Å². The lowest BCUT2D eigenvalue weighted by molar-refractivity contribution is -0.0390. The monoisotopic (exact) mass is 505 g/mol. The fourth-order valence-electron chi connectivity index (χ4n) is 3.23. The van der Waals surface area contributed by atoms with Gasteiger partial charge in [-0.2, -0.15) is 11.8 Å². The van der Waals surface area contributed by atoms with Gasteiger partial charge in [-0.3, -0.25) is 4.99 Å². The number of rotatable bonds is 7. The second kappa shape index (κ2) is 12.9. The van der Waals surface area contributed by atoms with Gasteiger partial charge < -0.3 is 20.1 Å². The normalized spacial score (nSPS) is 20.9. The van der Waals surface area contributed by atoms with E-state index < -0.39 is 0 Å². The van der Waals surface area contributed by atoms with Gasteiger partial charge in [0.25, 0.3) is 0 Å². The van der Waals surface area contributed by atoms with E-state index in [9.17, 15) is 0 Å². The van der Waals surface area contributed by atoms with Crippen molar-refractivity contribution in [3.63, 3.8) is 0 Å². The summed E-state index contributed by atoms with van der Waals surface area (Å²) in [5, 5.41) is 7.56. The van der Waals surface area contributed by atoms with Crippen LogP contribution in [0.25, 0.3) is 0 Å². The predicted octanol–water partition coefficient (Wildman–Crippen LogP) is 3.56. The van der Waals surface area contributed by atoms with Gasteiger partial charge in [0.05, 0.1) is 12.7 Å². The summed E-state index contributed by atoms with van der Waals surface area (Å²) >= 11 is 2.06.